The van der Waals surface area contributed by atoms with E-state index < -0.39 is 47.4 Å². The first-order chi connectivity index (χ1) is 7.60. The van der Waals surface area contributed by atoms with Crippen LogP contribution in [0.1, 0.15) is 0 Å². The summed E-state index contributed by atoms with van der Waals surface area (Å²) in [5, 5.41) is 46.0. The fourth-order valence-corrected chi connectivity index (χ4v) is 1.78. The Balaban J connectivity index is 2.99. The Bertz CT molecular complexity index is 365. The molecule has 5 atom stereocenters. The molecule has 0 aromatic carbocycles. The second-order valence-corrected chi connectivity index (χ2v) is 4.43. The minimum absolute atomic E-state index is 0.901. The summed E-state index contributed by atoms with van der Waals surface area (Å²) in [6.07, 6.45) is -7.81. The summed E-state index contributed by atoms with van der Waals surface area (Å²) in [5.41, 5.74) is 0. The van der Waals surface area contributed by atoms with Gasteiger partial charge in [-0.25, -0.2) is 0 Å². The van der Waals surface area contributed by atoms with Gasteiger partial charge in [-0.1, -0.05) is 0 Å². The van der Waals surface area contributed by atoms with Gasteiger partial charge in [0.15, 0.2) is 6.10 Å². The van der Waals surface area contributed by atoms with Crippen LogP contribution < -0.4 is 0 Å². The molecule has 11 heteroatoms. The van der Waals surface area contributed by atoms with Gasteiger partial charge in [0.05, 0.1) is 6.61 Å². The highest BCUT2D eigenvalue weighted by Gasteiger charge is 2.56. The zero-order valence-corrected chi connectivity index (χ0v) is 9.06. The fraction of sp³-hybridized carbons (Fsp3) is 1.00. The first kappa shape index (κ1) is 14.7. The number of aliphatic hydroxyl groups is 5. The molecule has 0 amide bonds. The van der Waals surface area contributed by atoms with Crippen LogP contribution in [0.15, 0.2) is 0 Å². The van der Waals surface area contributed by atoms with E-state index in [9.17, 15) is 28.8 Å². The molecule has 0 aromatic heterocycles. The Labute approximate surface area is 95.6 Å². The highest BCUT2D eigenvalue weighted by Crippen LogP contribution is 2.30. The number of hydrogen-bond donors (Lipinski definition) is 6. The van der Waals surface area contributed by atoms with Gasteiger partial charge in [-0.15, -0.1) is 0 Å². The van der Waals surface area contributed by atoms with Crippen LogP contribution in [0, 0.1) is 0 Å². The predicted molar refractivity (Wildman–Crippen MR) is 47.6 cm³/mol. The second-order valence-electron chi connectivity index (χ2n) is 3.41. The standard InChI is InChI=1S/C6H12O10S/c7-1-2-3(8)4(9)5(10)6(11,15-2)16-17(12,13)14/h2-5,7-11H,1H2,(H,12,13,14)/t2-,3+,4+,5-,6+/m1/s1. The van der Waals surface area contributed by atoms with Gasteiger partial charge in [0.25, 0.3) is 0 Å². The molecule has 1 rings (SSSR count). The quantitative estimate of drug-likeness (QED) is 0.220. The third-order valence-electron chi connectivity index (χ3n) is 2.15. The van der Waals surface area contributed by atoms with E-state index in [0.29, 0.717) is 0 Å². The van der Waals surface area contributed by atoms with Crippen molar-refractivity contribution in [2.75, 3.05) is 6.61 Å². The highest BCUT2D eigenvalue weighted by atomic mass is 32.3. The van der Waals surface area contributed by atoms with Gasteiger partial charge in [-0.3, -0.25) is 4.55 Å². The van der Waals surface area contributed by atoms with Crippen molar-refractivity contribution >= 4 is 10.4 Å². The molecule has 0 saturated carbocycles. The van der Waals surface area contributed by atoms with E-state index in [1.807, 2.05) is 0 Å². The maximum atomic E-state index is 10.4. The van der Waals surface area contributed by atoms with E-state index in [-0.39, 0.29) is 0 Å². The molecule has 1 heterocycles. The van der Waals surface area contributed by atoms with E-state index in [1.165, 1.54) is 0 Å². The lowest BCUT2D eigenvalue weighted by atomic mass is 9.98. The lowest BCUT2D eigenvalue weighted by molar-refractivity contribution is -0.422. The molecule has 6 N–H and O–H groups in total. The van der Waals surface area contributed by atoms with Crippen molar-refractivity contribution in [1.29, 1.82) is 0 Å². The molecule has 0 aromatic rings. The fourth-order valence-electron chi connectivity index (χ4n) is 1.34. The Morgan fingerprint density at radius 3 is 2.18 bits per heavy atom. The molecular formula is C6H12O10S. The summed E-state index contributed by atoms with van der Waals surface area (Å²) < 4.78 is 37.2. The average Bonchev–Trinajstić information content (AvgIpc) is 2.18. The van der Waals surface area contributed by atoms with Crippen molar-refractivity contribution < 1.29 is 47.4 Å². The lowest BCUT2D eigenvalue weighted by Crippen LogP contribution is -2.66. The molecule has 17 heavy (non-hydrogen) atoms. The van der Waals surface area contributed by atoms with E-state index in [4.69, 9.17) is 9.66 Å². The van der Waals surface area contributed by atoms with Gasteiger partial charge >= 0.3 is 16.4 Å². The lowest BCUT2D eigenvalue weighted by Gasteiger charge is -2.43. The van der Waals surface area contributed by atoms with Crippen LogP contribution in [0.4, 0.5) is 0 Å². The Morgan fingerprint density at radius 2 is 1.76 bits per heavy atom. The van der Waals surface area contributed by atoms with Crippen LogP contribution in [0.2, 0.25) is 0 Å². The summed E-state index contributed by atoms with van der Waals surface area (Å²) in [7, 11) is -5.20. The smallest absolute Gasteiger partial charge is 0.394 e. The molecule has 1 saturated heterocycles. The number of ether oxygens (including phenoxy) is 1. The molecule has 0 unspecified atom stereocenters. The van der Waals surface area contributed by atoms with Crippen molar-refractivity contribution in [1.82, 2.24) is 0 Å². The van der Waals surface area contributed by atoms with E-state index in [0.717, 1.165) is 0 Å². The van der Waals surface area contributed by atoms with Gasteiger partial charge in [-0.2, -0.15) is 12.6 Å². The zero-order chi connectivity index (χ0) is 13.4. The van der Waals surface area contributed by atoms with E-state index in [1.54, 1.807) is 0 Å². The van der Waals surface area contributed by atoms with Crippen molar-refractivity contribution in [2.45, 2.75) is 30.4 Å². The maximum absolute atomic E-state index is 10.4. The molecule has 0 aliphatic carbocycles. The molecule has 10 nitrogen and oxygen atoms in total. The third-order valence-corrected chi connectivity index (χ3v) is 2.60. The summed E-state index contributed by atoms with van der Waals surface area (Å²) in [4.78, 5) is 0. The molecule has 0 spiro atoms. The SMILES string of the molecule is O=S(=O)(O)O[C@@]1(O)O[C@H](CO)[C@H](O)[C@H](O)[C@H]1O. The van der Waals surface area contributed by atoms with Gasteiger partial charge in [0.2, 0.25) is 0 Å². The summed E-state index contributed by atoms with van der Waals surface area (Å²) >= 11 is 0. The molecule has 1 fully saturated rings. The third kappa shape index (κ3) is 3.09. The highest BCUT2D eigenvalue weighted by molar-refractivity contribution is 7.80. The number of hydrogen-bond acceptors (Lipinski definition) is 9. The topological polar surface area (TPSA) is 174 Å². The summed E-state index contributed by atoms with van der Waals surface area (Å²) in [6.45, 7) is -0.901. The normalized spacial score (nSPS) is 43.6. The predicted octanol–water partition coefficient (Wildman–Crippen LogP) is -4.07. The van der Waals surface area contributed by atoms with Gasteiger partial charge in [0, 0.05) is 0 Å². The van der Waals surface area contributed by atoms with Crippen LogP contribution in [-0.4, -0.2) is 75.5 Å². The molecule has 102 valence electrons. The summed E-state index contributed by atoms with van der Waals surface area (Å²) in [6, 6.07) is 0. The van der Waals surface area contributed by atoms with Crippen molar-refractivity contribution in [3.63, 3.8) is 0 Å². The largest absolute Gasteiger partial charge is 0.402 e. The summed E-state index contributed by atoms with van der Waals surface area (Å²) in [5.74, 6) is -3.31. The Kier molecular flexibility index (Phi) is 4.08. The number of aliphatic hydroxyl groups excluding tert-OH is 4. The van der Waals surface area contributed by atoms with Gasteiger partial charge < -0.3 is 30.3 Å². The van der Waals surface area contributed by atoms with E-state index >= 15 is 0 Å². The number of rotatable bonds is 3. The van der Waals surface area contributed by atoms with Crippen LogP contribution in [0.25, 0.3) is 0 Å². The van der Waals surface area contributed by atoms with Gasteiger partial charge in [0.1, 0.15) is 18.3 Å². The van der Waals surface area contributed by atoms with Crippen LogP contribution in [0.5, 0.6) is 0 Å². The molecule has 1 aliphatic rings. The van der Waals surface area contributed by atoms with Crippen molar-refractivity contribution in [3.05, 3.63) is 0 Å². The van der Waals surface area contributed by atoms with Crippen molar-refractivity contribution in [2.24, 2.45) is 0 Å². The first-order valence-electron chi connectivity index (χ1n) is 4.34. The first-order valence-corrected chi connectivity index (χ1v) is 5.70. The molecule has 0 radical (unpaired) electrons. The van der Waals surface area contributed by atoms with Crippen molar-refractivity contribution in [3.8, 4) is 0 Å². The zero-order valence-electron chi connectivity index (χ0n) is 8.24. The maximum Gasteiger partial charge on any atom is 0.402 e. The monoisotopic (exact) mass is 276 g/mol. The van der Waals surface area contributed by atoms with Gasteiger partial charge in [-0.05, 0) is 0 Å². The van der Waals surface area contributed by atoms with E-state index in [2.05, 4.69) is 8.92 Å². The van der Waals surface area contributed by atoms with Crippen LogP contribution in [0.3, 0.4) is 0 Å². The minimum atomic E-state index is -5.20. The molecule has 0 bridgehead atoms. The Morgan fingerprint density at radius 1 is 1.24 bits per heavy atom. The Hall–Kier alpha value is -0.370. The molecular weight excluding hydrogens is 264 g/mol. The van der Waals surface area contributed by atoms with Crippen LogP contribution >= 0.6 is 0 Å². The minimum Gasteiger partial charge on any atom is -0.394 e. The average molecular weight is 276 g/mol. The second kappa shape index (κ2) is 4.72. The van der Waals surface area contributed by atoms with Crippen LogP contribution in [-0.2, 0) is 19.3 Å². The molecule has 1 aliphatic heterocycles.